The van der Waals surface area contributed by atoms with Crippen LogP contribution in [0.5, 0.6) is 0 Å². The number of carbonyl (C=O) groups is 1. The highest BCUT2D eigenvalue weighted by atomic mass is 16.5. The first kappa shape index (κ1) is 19.1. The molecule has 0 fully saturated rings. The number of hydrogen-bond acceptors (Lipinski definition) is 5. The molecule has 1 aromatic carbocycles. The lowest BCUT2D eigenvalue weighted by molar-refractivity contribution is -0.137. The Morgan fingerprint density at radius 3 is 2.74 bits per heavy atom. The van der Waals surface area contributed by atoms with Gasteiger partial charge in [-0.15, -0.1) is 6.58 Å². The molecular formula is C18H24O5. The van der Waals surface area contributed by atoms with Crippen LogP contribution in [0.3, 0.4) is 0 Å². The van der Waals surface area contributed by atoms with Gasteiger partial charge in [0.05, 0.1) is 26.4 Å². The van der Waals surface area contributed by atoms with Crippen LogP contribution in [0.1, 0.15) is 12.5 Å². The van der Waals surface area contributed by atoms with Gasteiger partial charge in [0.15, 0.2) is 0 Å². The number of esters is 1. The van der Waals surface area contributed by atoms with Crippen molar-refractivity contribution in [2.24, 2.45) is 0 Å². The van der Waals surface area contributed by atoms with Crippen LogP contribution in [0.25, 0.3) is 0 Å². The molecule has 0 amide bonds. The zero-order valence-corrected chi connectivity index (χ0v) is 13.4. The Balaban J connectivity index is 2.48. The Labute approximate surface area is 137 Å². The third-order valence-corrected chi connectivity index (χ3v) is 2.89. The first-order valence-corrected chi connectivity index (χ1v) is 7.54. The van der Waals surface area contributed by atoms with E-state index in [1.165, 1.54) is 12.2 Å². The summed E-state index contributed by atoms with van der Waals surface area (Å²) in [4.78, 5) is 11.3. The quantitative estimate of drug-likeness (QED) is 0.385. The maximum atomic E-state index is 11.3. The Morgan fingerprint density at radius 1 is 1.35 bits per heavy atom. The summed E-state index contributed by atoms with van der Waals surface area (Å²) in [5.74, 6) is -0.475. The molecule has 0 aliphatic carbocycles. The summed E-state index contributed by atoms with van der Waals surface area (Å²) in [5.41, 5.74) is 1.02. The molecule has 0 aromatic heterocycles. The summed E-state index contributed by atoms with van der Waals surface area (Å²) in [6, 6.07) is 9.66. The van der Waals surface area contributed by atoms with Gasteiger partial charge in [0.1, 0.15) is 12.2 Å². The highest BCUT2D eigenvalue weighted by Gasteiger charge is 2.17. The van der Waals surface area contributed by atoms with Crippen molar-refractivity contribution in [2.45, 2.75) is 25.7 Å². The second-order valence-corrected chi connectivity index (χ2v) is 4.77. The van der Waals surface area contributed by atoms with Crippen LogP contribution >= 0.6 is 0 Å². The molecule has 5 nitrogen and oxygen atoms in total. The van der Waals surface area contributed by atoms with Gasteiger partial charge in [0.2, 0.25) is 0 Å². The summed E-state index contributed by atoms with van der Waals surface area (Å²) < 4.78 is 15.7. The Kier molecular flexibility index (Phi) is 9.63. The topological polar surface area (TPSA) is 65.0 Å². The molecule has 0 bridgehead atoms. The fourth-order valence-electron chi connectivity index (χ4n) is 1.80. The van der Waals surface area contributed by atoms with Crippen LogP contribution < -0.4 is 0 Å². The van der Waals surface area contributed by atoms with Crippen molar-refractivity contribution >= 4 is 5.97 Å². The minimum Gasteiger partial charge on any atom is -0.463 e. The predicted molar refractivity (Wildman–Crippen MR) is 87.8 cm³/mol. The zero-order chi connectivity index (χ0) is 16.9. The van der Waals surface area contributed by atoms with E-state index in [0.717, 1.165) is 5.56 Å². The molecule has 0 aliphatic heterocycles. The lowest BCUT2D eigenvalue weighted by Gasteiger charge is -2.20. The van der Waals surface area contributed by atoms with Crippen molar-refractivity contribution in [2.75, 3.05) is 19.8 Å². The Bertz CT molecular complexity index is 483. The monoisotopic (exact) mass is 320 g/mol. The molecule has 126 valence electrons. The first-order valence-electron chi connectivity index (χ1n) is 7.54. The standard InChI is InChI=1S/C18H24O5/c1-3-12-23-17(10-11-18(20)22-4-2)16(19)14-21-13-15-8-6-5-7-9-15/h3,5-11,16-17,19H,1,4,12-14H2,2H3/b11-10+/t16-,17-/m1/s1. The highest BCUT2D eigenvalue weighted by Crippen LogP contribution is 2.06. The lowest BCUT2D eigenvalue weighted by atomic mass is 10.2. The molecule has 0 radical (unpaired) electrons. The first-order chi connectivity index (χ1) is 11.2. The van der Waals surface area contributed by atoms with Crippen LogP contribution in [0, 0.1) is 0 Å². The second kappa shape index (κ2) is 11.6. The fraction of sp³-hybridized carbons (Fsp3) is 0.389. The normalized spacial score (nSPS) is 13.7. The number of ether oxygens (including phenoxy) is 3. The fourth-order valence-corrected chi connectivity index (χ4v) is 1.80. The van der Waals surface area contributed by atoms with Gasteiger partial charge in [-0.3, -0.25) is 0 Å². The molecule has 23 heavy (non-hydrogen) atoms. The molecular weight excluding hydrogens is 296 g/mol. The molecule has 1 rings (SSSR count). The van der Waals surface area contributed by atoms with Crippen molar-refractivity contribution in [1.29, 1.82) is 0 Å². The molecule has 0 saturated heterocycles. The van der Waals surface area contributed by atoms with E-state index >= 15 is 0 Å². The number of aliphatic hydroxyl groups is 1. The molecule has 0 aliphatic rings. The number of rotatable bonds is 11. The second-order valence-electron chi connectivity index (χ2n) is 4.77. The Morgan fingerprint density at radius 2 is 2.09 bits per heavy atom. The molecule has 0 spiro atoms. The van der Waals surface area contributed by atoms with Crippen LogP contribution in [-0.4, -0.2) is 43.1 Å². The lowest BCUT2D eigenvalue weighted by Crippen LogP contribution is -2.32. The summed E-state index contributed by atoms with van der Waals surface area (Å²) in [5, 5.41) is 10.2. The number of aliphatic hydroxyl groups excluding tert-OH is 1. The molecule has 1 N–H and O–H groups in total. The average Bonchev–Trinajstić information content (AvgIpc) is 2.56. The van der Waals surface area contributed by atoms with Crippen LogP contribution in [0.2, 0.25) is 0 Å². The van der Waals surface area contributed by atoms with E-state index in [2.05, 4.69) is 6.58 Å². The molecule has 0 unspecified atom stereocenters. The van der Waals surface area contributed by atoms with E-state index in [1.807, 2.05) is 30.3 Å². The van der Waals surface area contributed by atoms with Crippen molar-refractivity contribution in [1.82, 2.24) is 0 Å². The van der Waals surface area contributed by atoms with Crippen molar-refractivity contribution in [3.8, 4) is 0 Å². The molecule has 0 saturated carbocycles. The molecule has 5 heteroatoms. The van der Waals surface area contributed by atoms with Gasteiger partial charge in [-0.05, 0) is 18.6 Å². The number of hydrogen-bond donors (Lipinski definition) is 1. The van der Waals surface area contributed by atoms with Gasteiger partial charge in [-0.25, -0.2) is 4.79 Å². The minimum absolute atomic E-state index is 0.0872. The van der Waals surface area contributed by atoms with E-state index in [4.69, 9.17) is 14.2 Å². The summed E-state index contributed by atoms with van der Waals surface area (Å²) in [6.07, 6.45) is 2.72. The summed E-state index contributed by atoms with van der Waals surface area (Å²) >= 11 is 0. The summed E-state index contributed by atoms with van der Waals surface area (Å²) in [7, 11) is 0. The van der Waals surface area contributed by atoms with E-state index in [-0.39, 0.29) is 13.2 Å². The van der Waals surface area contributed by atoms with E-state index < -0.39 is 18.2 Å². The van der Waals surface area contributed by atoms with Gasteiger partial charge in [-0.1, -0.05) is 36.4 Å². The van der Waals surface area contributed by atoms with Gasteiger partial charge in [0.25, 0.3) is 0 Å². The van der Waals surface area contributed by atoms with Crippen molar-refractivity contribution in [3.63, 3.8) is 0 Å². The third-order valence-electron chi connectivity index (χ3n) is 2.89. The SMILES string of the molecule is C=CCO[C@H](/C=C/C(=O)OCC)[C@H](O)COCc1ccccc1. The average molecular weight is 320 g/mol. The summed E-state index contributed by atoms with van der Waals surface area (Å²) in [6.45, 7) is 6.33. The maximum Gasteiger partial charge on any atom is 0.330 e. The van der Waals surface area contributed by atoms with Gasteiger partial charge in [-0.2, -0.15) is 0 Å². The Hall–Kier alpha value is -1.95. The number of carbonyl (C=O) groups excluding carboxylic acids is 1. The van der Waals surface area contributed by atoms with Crippen molar-refractivity contribution < 1.29 is 24.1 Å². The van der Waals surface area contributed by atoms with Crippen LogP contribution in [0.15, 0.2) is 55.1 Å². The zero-order valence-electron chi connectivity index (χ0n) is 13.4. The van der Waals surface area contributed by atoms with E-state index in [0.29, 0.717) is 13.2 Å². The molecule has 0 heterocycles. The van der Waals surface area contributed by atoms with E-state index in [1.54, 1.807) is 13.0 Å². The van der Waals surface area contributed by atoms with Crippen LogP contribution in [0.4, 0.5) is 0 Å². The molecule has 1 aromatic rings. The number of benzene rings is 1. The third kappa shape index (κ3) is 8.30. The van der Waals surface area contributed by atoms with Gasteiger partial charge < -0.3 is 19.3 Å². The predicted octanol–water partition coefficient (Wildman–Crippen LogP) is 2.25. The smallest absolute Gasteiger partial charge is 0.330 e. The maximum absolute atomic E-state index is 11.3. The largest absolute Gasteiger partial charge is 0.463 e. The molecule has 2 atom stereocenters. The van der Waals surface area contributed by atoms with E-state index in [9.17, 15) is 9.90 Å². The highest BCUT2D eigenvalue weighted by molar-refractivity contribution is 5.81. The van der Waals surface area contributed by atoms with Crippen molar-refractivity contribution in [3.05, 3.63) is 60.7 Å². The van der Waals surface area contributed by atoms with Gasteiger partial charge in [0, 0.05) is 6.08 Å². The minimum atomic E-state index is -0.899. The van der Waals surface area contributed by atoms with Crippen LogP contribution in [-0.2, 0) is 25.6 Å². The van der Waals surface area contributed by atoms with Gasteiger partial charge >= 0.3 is 5.97 Å².